The SMILES string of the molecule is NCC1CCCCC1COc1cc(Cl)ccc1[N+](=O)[O-]. The molecule has 0 spiro atoms. The Morgan fingerprint density at radius 2 is 2.05 bits per heavy atom. The van der Waals surface area contributed by atoms with Crippen molar-refractivity contribution in [1.82, 2.24) is 0 Å². The minimum absolute atomic E-state index is 0.0468. The minimum atomic E-state index is -0.451. The van der Waals surface area contributed by atoms with E-state index >= 15 is 0 Å². The quantitative estimate of drug-likeness (QED) is 0.667. The summed E-state index contributed by atoms with van der Waals surface area (Å²) < 4.78 is 5.67. The van der Waals surface area contributed by atoms with Gasteiger partial charge in [0.1, 0.15) is 0 Å². The highest BCUT2D eigenvalue weighted by atomic mass is 35.5. The fraction of sp³-hybridized carbons (Fsp3) is 0.571. The first-order valence-electron chi connectivity index (χ1n) is 6.88. The average Bonchev–Trinajstić information content (AvgIpc) is 2.45. The maximum atomic E-state index is 11.0. The van der Waals surface area contributed by atoms with Crippen molar-refractivity contribution in [3.63, 3.8) is 0 Å². The Morgan fingerprint density at radius 1 is 1.35 bits per heavy atom. The Kier molecular flexibility index (Phi) is 5.20. The zero-order valence-corrected chi connectivity index (χ0v) is 12.0. The Labute approximate surface area is 123 Å². The van der Waals surface area contributed by atoms with E-state index in [1.807, 2.05) is 0 Å². The van der Waals surface area contributed by atoms with E-state index in [-0.39, 0.29) is 11.4 Å². The molecule has 0 radical (unpaired) electrons. The third-order valence-corrected chi connectivity index (χ3v) is 4.18. The van der Waals surface area contributed by atoms with Crippen molar-refractivity contribution in [2.75, 3.05) is 13.2 Å². The zero-order valence-electron chi connectivity index (χ0n) is 11.3. The number of nitrogens with zero attached hydrogens (tertiary/aromatic N) is 1. The topological polar surface area (TPSA) is 78.4 Å². The number of nitrogens with two attached hydrogens (primary N) is 1. The van der Waals surface area contributed by atoms with Gasteiger partial charge in [0.25, 0.3) is 0 Å². The number of hydrogen-bond acceptors (Lipinski definition) is 4. The highest BCUT2D eigenvalue weighted by Crippen LogP contribution is 2.33. The first kappa shape index (κ1) is 15.1. The summed E-state index contributed by atoms with van der Waals surface area (Å²) in [7, 11) is 0. The van der Waals surface area contributed by atoms with E-state index < -0.39 is 4.92 Å². The smallest absolute Gasteiger partial charge is 0.311 e. The van der Waals surface area contributed by atoms with E-state index in [1.165, 1.54) is 31.0 Å². The monoisotopic (exact) mass is 298 g/mol. The number of halogens is 1. The minimum Gasteiger partial charge on any atom is -0.486 e. The third kappa shape index (κ3) is 3.61. The van der Waals surface area contributed by atoms with Gasteiger partial charge in [-0.15, -0.1) is 0 Å². The lowest BCUT2D eigenvalue weighted by Crippen LogP contribution is -2.30. The molecule has 1 aromatic carbocycles. The normalized spacial score (nSPS) is 22.5. The first-order chi connectivity index (χ1) is 9.61. The van der Waals surface area contributed by atoms with E-state index in [9.17, 15) is 10.1 Å². The molecule has 1 aliphatic rings. The largest absolute Gasteiger partial charge is 0.486 e. The summed E-state index contributed by atoms with van der Waals surface area (Å²) in [5.74, 6) is 1.05. The second-order valence-electron chi connectivity index (χ2n) is 5.22. The van der Waals surface area contributed by atoms with E-state index in [2.05, 4.69) is 0 Å². The van der Waals surface area contributed by atoms with E-state index in [0.717, 1.165) is 12.8 Å². The Balaban J connectivity index is 2.06. The summed E-state index contributed by atoms with van der Waals surface area (Å²) in [6.45, 7) is 1.11. The van der Waals surface area contributed by atoms with Crippen molar-refractivity contribution < 1.29 is 9.66 Å². The Bertz CT molecular complexity index is 481. The van der Waals surface area contributed by atoms with Crippen LogP contribution >= 0.6 is 11.6 Å². The molecule has 1 saturated carbocycles. The molecule has 2 atom stereocenters. The molecule has 0 amide bonds. The van der Waals surface area contributed by atoms with Gasteiger partial charge in [-0.3, -0.25) is 10.1 Å². The lowest BCUT2D eigenvalue weighted by Gasteiger charge is -2.30. The van der Waals surface area contributed by atoms with E-state index in [0.29, 0.717) is 30.0 Å². The molecule has 5 nitrogen and oxygen atoms in total. The molecule has 0 heterocycles. The van der Waals surface area contributed by atoms with Crippen LogP contribution < -0.4 is 10.5 Å². The summed E-state index contributed by atoms with van der Waals surface area (Å²) in [5, 5.41) is 11.4. The predicted molar refractivity (Wildman–Crippen MR) is 78.1 cm³/mol. The van der Waals surface area contributed by atoms with Crippen LogP contribution in [0.1, 0.15) is 25.7 Å². The molecule has 0 aromatic heterocycles. The van der Waals surface area contributed by atoms with Crippen LogP contribution in [0.15, 0.2) is 18.2 Å². The van der Waals surface area contributed by atoms with Gasteiger partial charge in [-0.05, 0) is 37.3 Å². The van der Waals surface area contributed by atoms with Gasteiger partial charge >= 0.3 is 5.69 Å². The molecule has 0 bridgehead atoms. The Morgan fingerprint density at radius 3 is 2.70 bits per heavy atom. The molecule has 2 N–H and O–H groups in total. The summed E-state index contributed by atoms with van der Waals surface area (Å²) >= 11 is 5.88. The van der Waals surface area contributed by atoms with Crippen LogP contribution in [-0.4, -0.2) is 18.1 Å². The zero-order chi connectivity index (χ0) is 14.5. The van der Waals surface area contributed by atoms with Gasteiger partial charge in [0, 0.05) is 17.2 Å². The fourth-order valence-electron chi connectivity index (χ4n) is 2.77. The number of rotatable bonds is 5. The molecular formula is C14H19ClN2O3. The molecule has 1 aromatic rings. The summed E-state index contributed by atoms with van der Waals surface area (Å²) in [6, 6.07) is 4.37. The molecule has 110 valence electrons. The van der Waals surface area contributed by atoms with E-state index in [1.54, 1.807) is 0 Å². The van der Waals surface area contributed by atoms with Crippen LogP contribution in [0.3, 0.4) is 0 Å². The molecule has 0 aliphatic heterocycles. The van der Waals surface area contributed by atoms with Crippen LogP contribution in [0.4, 0.5) is 5.69 Å². The molecular weight excluding hydrogens is 280 g/mol. The van der Waals surface area contributed by atoms with Crippen molar-refractivity contribution >= 4 is 17.3 Å². The molecule has 20 heavy (non-hydrogen) atoms. The van der Waals surface area contributed by atoms with Crippen molar-refractivity contribution in [2.45, 2.75) is 25.7 Å². The van der Waals surface area contributed by atoms with Crippen LogP contribution in [0.2, 0.25) is 5.02 Å². The van der Waals surface area contributed by atoms with Crippen LogP contribution in [0, 0.1) is 22.0 Å². The molecule has 1 fully saturated rings. The standard InChI is InChI=1S/C14H19ClN2O3/c15-12-5-6-13(17(18)19)14(7-12)20-9-11-4-2-1-3-10(11)8-16/h5-7,10-11H,1-4,8-9,16H2. The van der Waals surface area contributed by atoms with Crippen LogP contribution in [0.5, 0.6) is 5.75 Å². The van der Waals surface area contributed by atoms with Gasteiger partial charge < -0.3 is 10.5 Å². The maximum absolute atomic E-state index is 11.0. The maximum Gasteiger partial charge on any atom is 0.311 e. The van der Waals surface area contributed by atoms with Crippen molar-refractivity contribution in [2.24, 2.45) is 17.6 Å². The number of benzene rings is 1. The van der Waals surface area contributed by atoms with Crippen molar-refractivity contribution in [1.29, 1.82) is 0 Å². The first-order valence-corrected chi connectivity index (χ1v) is 7.26. The average molecular weight is 299 g/mol. The number of ether oxygens (including phenoxy) is 1. The lowest BCUT2D eigenvalue weighted by atomic mass is 9.80. The van der Waals surface area contributed by atoms with Gasteiger partial charge in [0.2, 0.25) is 0 Å². The summed E-state index contributed by atoms with van der Waals surface area (Å²) in [4.78, 5) is 10.5. The molecule has 2 unspecified atom stereocenters. The van der Waals surface area contributed by atoms with E-state index in [4.69, 9.17) is 22.1 Å². The van der Waals surface area contributed by atoms with Gasteiger partial charge in [0.15, 0.2) is 5.75 Å². The summed E-state index contributed by atoms with van der Waals surface area (Å²) in [6.07, 6.45) is 4.55. The highest BCUT2D eigenvalue weighted by molar-refractivity contribution is 6.30. The second-order valence-corrected chi connectivity index (χ2v) is 5.66. The van der Waals surface area contributed by atoms with Crippen molar-refractivity contribution in [3.05, 3.63) is 33.3 Å². The lowest BCUT2D eigenvalue weighted by molar-refractivity contribution is -0.385. The third-order valence-electron chi connectivity index (χ3n) is 3.94. The number of nitro benzene ring substituents is 1. The van der Waals surface area contributed by atoms with Gasteiger partial charge in [-0.1, -0.05) is 24.4 Å². The molecule has 0 saturated heterocycles. The van der Waals surface area contributed by atoms with Gasteiger partial charge in [-0.2, -0.15) is 0 Å². The second kappa shape index (κ2) is 6.90. The summed E-state index contributed by atoms with van der Waals surface area (Å²) in [5.41, 5.74) is 5.73. The Hall–Kier alpha value is -1.33. The predicted octanol–water partition coefficient (Wildman–Crippen LogP) is 3.39. The van der Waals surface area contributed by atoms with Crippen LogP contribution in [-0.2, 0) is 0 Å². The van der Waals surface area contributed by atoms with Crippen molar-refractivity contribution in [3.8, 4) is 5.75 Å². The fourth-order valence-corrected chi connectivity index (χ4v) is 2.93. The molecule has 6 heteroatoms. The molecule has 2 rings (SSSR count). The van der Waals surface area contributed by atoms with Gasteiger partial charge in [0.05, 0.1) is 11.5 Å². The van der Waals surface area contributed by atoms with Gasteiger partial charge in [-0.25, -0.2) is 0 Å². The molecule has 1 aliphatic carbocycles. The highest BCUT2D eigenvalue weighted by Gasteiger charge is 2.25. The number of nitro groups is 1. The van der Waals surface area contributed by atoms with Crippen LogP contribution in [0.25, 0.3) is 0 Å². The number of hydrogen-bond donors (Lipinski definition) is 1.